The largest absolute Gasteiger partial charge is 0.459 e. The second-order valence-electron chi connectivity index (χ2n) is 15.5. The molecule has 0 radical (unpaired) electrons. The van der Waals surface area contributed by atoms with Gasteiger partial charge in [-0.25, -0.2) is 0 Å². The number of likely N-dealkylation sites (tertiary alicyclic amines) is 1. The van der Waals surface area contributed by atoms with Gasteiger partial charge < -0.3 is 34.4 Å². The van der Waals surface area contributed by atoms with Crippen LogP contribution in [0.3, 0.4) is 0 Å². The summed E-state index contributed by atoms with van der Waals surface area (Å²) in [7, 11) is 8.57. The van der Waals surface area contributed by atoms with Gasteiger partial charge in [-0.15, -0.1) is 0 Å². The monoisotopic (exact) mass is 747 g/mol. The molecule has 1 aromatic rings. The molecule has 1 aliphatic heterocycles. The van der Waals surface area contributed by atoms with Crippen LogP contribution in [0.15, 0.2) is 30.3 Å². The van der Waals surface area contributed by atoms with E-state index in [4.69, 9.17) is 14.2 Å². The fraction of sp³-hybridized carbons (Fsp3) is 0.756. The molecule has 1 fully saturated rings. The van der Waals surface area contributed by atoms with E-state index < -0.39 is 48.3 Å². The van der Waals surface area contributed by atoms with Gasteiger partial charge in [0.25, 0.3) is 0 Å². The Hall–Kier alpha value is -3.06. The number of aliphatic hydroxyl groups is 1. The number of hydrogen-bond donors (Lipinski definition) is 2. The molecule has 12 nitrogen and oxygen atoms in total. The van der Waals surface area contributed by atoms with Crippen LogP contribution in [0.4, 0.5) is 0 Å². The van der Waals surface area contributed by atoms with E-state index in [1.807, 2.05) is 90.9 Å². The van der Waals surface area contributed by atoms with Crippen molar-refractivity contribution in [2.75, 3.05) is 48.5 Å². The molecule has 2 N–H and O–H groups in total. The smallest absolute Gasteiger partial charge is 0.311 e. The highest BCUT2D eigenvalue weighted by Crippen LogP contribution is 2.30. The summed E-state index contributed by atoms with van der Waals surface area (Å²) in [5.74, 6) is -1.85. The molecule has 12 heteroatoms. The van der Waals surface area contributed by atoms with Crippen molar-refractivity contribution in [2.24, 2.45) is 23.7 Å². The van der Waals surface area contributed by atoms with E-state index in [1.54, 1.807) is 30.9 Å². The van der Waals surface area contributed by atoms with Crippen LogP contribution in [0.5, 0.6) is 0 Å². The average Bonchev–Trinajstić information content (AvgIpc) is 3.62. The molecule has 0 aromatic heterocycles. The fourth-order valence-corrected chi connectivity index (χ4v) is 7.86. The lowest BCUT2D eigenvalue weighted by atomic mass is 9.89. The summed E-state index contributed by atoms with van der Waals surface area (Å²) in [6.45, 7) is 14.0. The summed E-state index contributed by atoms with van der Waals surface area (Å²) in [5, 5.41) is 13.1. The van der Waals surface area contributed by atoms with Crippen LogP contribution in [0.25, 0.3) is 0 Å². The molecule has 1 saturated heterocycles. The Morgan fingerprint density at radius 1 is 0.943 bits per heavy atom. The van der Waals surface area contributed by atoms with E-state index in [-0.39, 0.29) is 54.5 Å². The molecule has 2 rings (SSSR count). The lowest BCUT2D eigenvalue weighted by Crippen LogP contribution is -2.60. The van der Waals surface area contributed by atoms with E-state index >= 15 is 0 Å². The van der Waals surface area contributed by atoms with E-state index in [2.05, 4.69) is 5.32 Å². The van der Waals surface area contributed by atoms with E-state index in [1.165, 1.54) is 7.11 Å². The van der Waals surface area contributed by atoms with Crippen molar-refractivity contribution in [1.29, 1.82) is 0 Å². The molecular formula is C41H70N4O8. The number of carbonyl (C=O) groups is 4. The van der Waals surface area contributed by atoms with E-state index in [9.17, 15) is 24.3 Å². The number of benzene rings is 1. The van der Waals surface area contributed by atoms with Crippen molar-refractivity contribution in [1.82, 2.24) is 20.0 Å². The third-order valence-corrected chi connectivity index (χ3v) is 11.2. The zero-order valence-corrected chi connectivity index (χ0v) is 34.5. The molecule has 53 heavy (non-hydrogen) atoms. The molecule has 0 bridgehead atoms. The molecule has 0 spiro atoms. The Labute approximate surface area is 319 Å². The Balaban J connectivity index is 2.28. The lowest BCUT2D eigenvalue weighted by molar-refractivity contribution is -0.163. The number of amides is 3. The maximum absolute atomic E-state index is 14.4. The Morgan fingerprint density at radius 2 is 1.57 bits per heavy atom. The van der Waals surface area contributed by atoms with Crippen LogP contribution in [-0.4, -0.2) is 134 Å². The first-order valence-electron chi connectivity index (χ1n) is 19.5. The van der Waals surface area contributed by atoms with Crippen molar-refractivity contribution in [3.8, 4) is 0 Å². The molecule has 302 valence electrons. The molecule has 1 heterocycles. The van der Waals surface area contributed by atoms with Gasteiger partial charge in [0.2, 0.25) is 17.7 Å². The first-order valence-corrected chi connectivity index (χ1v) is 19.5. The third-order valence-electron chi connectivity index (χ3n) is 11.2. The number of ether oxygens (including phenoxy) is 3. The number of methoxy groups -OCH3 is 2. The minimum atomic E-state index is -0.747. The molecule has 0 saturated carbocycles. The van der Waals surface area contributed by atoms with Gasteiger partial charge in [0.1, 0.15) is 12.1 Å². The van der Waals surface area contributed by atoms with Crippen LogP contribution >= 0.6 is 0 Å². The van der Waals surface area contributed by atoms with Crippen LogP contribution in [-0.2, 0) is 39.8 Å². The molecule has 0 unspecified atom stereocenters. The molecular weight excluding hydrogens is 676 g/mol. The van der Waals surface area contributed by atoms with Gasteiger partial charge in [-0.3, -0.25) is 24.1 Å². The van der Waals surface area contributed by atoms with Gasteiger partial charge in [0.05, 0.1) is 49.3 Å². The minimum Gasteiger partial charge on any atom is -0.459 e. The van der Waals surface area contributed by atoms with Crippen molar-refractivity contribution in [2.45, 2.75) is 129 Å². The predicted molar refractivity (Wildman–Crippen MR) is 207 cm³/mol. The number of esters is 1. The van der Waals surface area contributed by atoms with Gasteiger partial charge >= 0.3 is 5.97 Å². The van der Waals surface area contributed by atoms with Crippen molar-refractivity contribution < 1.29 is 38.5 Å². The van der Waals surface area contributed by atoms with E-state index in [0.29, 0.717) is 25.8 Å². The summed E-state index contributed by atoms with van der Waals surface area (Å²) in [6, 6.07) is 7.58. The molecule has 1 aliphatic rings. The average molecular weight is 747 g/mol. The lowest BCUT2D eigenvalue weighted by Gasteiger charge is -2.41. The van der Waals surface area contributed by atoms with E-state index in [0.717, 1.165) is 18.4 Å². The number of carbonyl (C=O) groups excluding carboxylic acids is 4. The van der Waals surface area contributed by atoms with Crippen molar-refractivity contribution >= 4 is 23.7 Å². The summed E-state index contributed by atoms with van der Waals surface area (Å²) >= 11 is 0. The summed E-state index contributed by atoms with van der Waals surface area (Å²) in [5.41, 5.74) is 0.947. The van der Waals surface area contributed by atoms with Crippen LogP contribution in [0.1, 0.15) is 86.1 Å². The third kappa shape index (κ3) is 12.5. The van der Waals surface area contributed by atoms with Crippen LogP contribution in [0.2, 0.25) is 0 Å². The van der Waals surface area contributed by atoms with Gasteiger partial charge in [-0.05, 0) is 57.2 Å². The SMILES string of the molecule is CC[C@H](C)[C@@H]([C@@H](CC(=O)N1CCC[C@@H]1[C@H](OC)[C@@H](C)C(=O)O[C@H](CO)Cc1ccccc1)OC)N(C)C(=O)[C@@H](NC(=O)[C@H](C(C)C)N(C)C)[C@@H](C)CC. The number of rotatable bonds is 22. The molecule has 0 aliphatic carbocycles. The topological polar surface area (TPSA) is 138 Å². The number of hydrogen-bond acceptors (Lipinski definition) is 9. The summed E-state index contributed by atoms with van der Waals surface area (Å²) in [4.78, 5) is 60.8. The Bertz CT molecular complexity index is 1270. The normalized spacial score (nSPS) is 19.8. The fourth-order valence-electron chi connectivity index (χ4n) is 7.86. The quantitative estimate of drug-likeness (QED) is 0.168. The first kappa shape index (κ1) is 46.1. The van der Waals surface area contributed by atoms with Crippen LogP contribution < -0.4 is 5.32 Å². The predicted octanol–water partition coefficient (Wildman–Crippen LogP) is 4.17. The Kier molecular flexibility index (Phi) is 19.4. The summed E-state index contributed by atoms with van der Waals surface area (Å²) in [6.07, 6.45) is 1.28. The van der Waals surface area contributed by atoms with Crippen molar-refractivity contribution in [3.63, 3.8) is 0 Å². The zero-order valence-electron chi connectivity index (χ0n) is 34.5. The van der Waals surface area contributed by atoms with Crippen LogP contribution in [0, 0.1) is 23.7 Å². The number of nitrogens with one attached hydrogen (secondary N) is 1. The first-order chi connectivity index (χ1) is 25.1. The van der Waals surface area contributed by atoms with Gasteiger partial charge in [0, 0.05) is 34.2 Å². The van der Waals surface area contributed by atoms with Gasteiger partial charge in [0.15, 0.2) is 0 Å². The van der Waals surface area contributed by atoms with Crippen molar-refractivity contribution in [3.05, 3.63) is 35.9 Å². The Morgan fingerprint density at radius 3 is 2.08 bits per heavy atom. The second-order valence-corrected chi connectivity index (χ2v) is 15.5. The zero-order chi connectivity index (χ0) is 40.0. The summed E-state index contributed by atoms with van der Waals surface area (Å²) < 4.78 is 17.7. The number of likely N-dealkylation sites (N-methyl/N-ethyl adjacent to an activating group) is 2. The molecule has 3 amide bonds. The maximum atomic E-state index is 14.4. The highest BCUT2D eigenvalue weighted by molar-refractivity contribution is 5.90. The van der Waals surface area contributed by atoms with Gasteiger partial charge in [-0.1, -0.05) is 84.7 Å². The number of aliphatic hydroxyl groups excluding tert-OH is 1. The molecule has 10 atom stereocenters. The second kappa shape index (κ2) is 22.4. The highest BCUT2D eigenvalue weighted by Gasteiger charge is 2.43. The molecule has 1 aromatic carbocycles. The highest BCUT2D eigenvalue weighted by atomic mass is 16.6. The number of nitrogens with zero attached hydrogens (tertiary/aromatic N) is 3. The maximum Gasteiger partial charge on any atom is 0.311 e. The van der Waals surface area contributed by atoms with Gasteiger partial charge in [-0.2, -0.15) is 0 Å². The standard InChI is InChI=1S/C41H70N4O8/c1-13-27(5)35(42-39(48)36(26(3)4)43(8)9)40(49)44(10)37(28(6)14-2)33(51-11)24-34(47)45-22-18-21-32(45)38(52-12)29(7)41(50)53-31(25-46)23-30-19-16-15-17-20-30/h15-17,19-20,26-29,31-33,35-38,46H,13-14,18,21-25H2,1-12H3,(H,42,48)/t27-,28-,29+,31-,32+,33+,35-,36-,37-,38+/m0/s1. The minimum absolute atomic E-state index is 0.0218.